The minimum atomic E-state index is 0.873. The summed E-state index contributed by atoms with van der Waals surface area (Å²) >= 11 is 2.22. The highest BCUT2D eigenvalue weighted by molar-refractivity contribution is 8.03. The fourth-order valence-corrected chi connectivity index (χ4v) is 4.76. The molecular formula is C22H45BS. The molecule has 0 spiro atoms. The SMILES string of the molecule is CCCCS/C(CCCC)=C(/CCCC)B(CCCC)CCCC. The van der Waals surface area contributed by atoms with Gasteiger partial charge in [-0.2, -0.15) is 0 Å². The van der Waals surface area contributed by atoms with Crippen molar-refractivity contribution in [3.8, 4) is 0 Å². The van der Waals surface area contributed by atoms with Crippen LogP contribution in [0.3, 0.4) is 0 Å². The minimum Gasteiger partial charge on any atom is -0.132 e. The highest BCUT2D eigenvalue weighted by Gasteiger charge is 2.21. The summed E-state index contributed by atoms with van der Waals surface area (Å²) in [7, 11) is 0. The smallest absolute Gasteiger partial charge is 0.132 e. The van der Waals surface area contributed by atoms with Crippen LogP contribution in [-0.4, -0.2) is 12.5 Å². The first-order valence-electron chi connectivity index (χ1n) is 11.1. The van der Waals surface area contributed by atoms with Gasteiger partial charge in [-0.25, -0.2) is 0 Å². The van der Waals surface area contributed by atoms with Crippen molar-refractivity contribution in [2.75, 3.05) is 5.75 Å². The molecule has 0 aromatic rings. The highest BCUT2D eigenvalue weighted by atomic mass is 32.2. The van der Waals surface area contributed by atoms with E-state index in [9.17, 15) is 0 Å². The zero-order valence-electron chi connectivity index (χ0n) is 17.6. The van der Waals surface area contributed by atoms with E-state index in [0.717, 1.165) is 6.71 Å². The number of hydrogen-bond donors (Lipinski definition) is 0. The topological polar surface area (TPSA) is 0 Å². The fourth-order valence-electron chi connectivity index (χ4n) is 3.33. The summed E-state index contributed by atoms with van der Waals surface area (Å²) in [4.78, 5) is 1.80. The van der Waals surface area contributed by atoms with Crippen LogP contribution in [0.2, 0.25) is 12.6 Å². The molecule has 0 aliphatic carbocycles. The molecule has 0 aromatic heterocycles. The van der Waals surface area contributed by atoms with E-state index in [1.807, 2.05) is 5.47 Å². The Labute approximate surface area is 159 Å². The molecular weight excluding hydrogens is 307 g/mol. The van der Waals surface area contributed by atoms with Crippen LogP contribution in [0.15, 0.2) is 10.4 Å². The van der Waals surface area contributed by atoms with Crippen molar-refractivity contribution in [1.29, 1.82) is 0 Å². The van der Waals surface area contributed by atoms with Crippen molar-refractivity contribution in [3.63, 3.8) is 0 Å². The lowest BCUT2D eigenvalue weighted by Gasteiger charge is -2.22. The summed E-state index contributed by atoms with van der Waals surface area (Å²) in [5, 5.41) is 0. The van der Waals surface area contributed by atoms with Gasteiger partial charge in [0.1, 0.15) is 0 Å². The first-order chi connectivity index (χ1) is 11.7. The quantitative estimate of drug-likeness (QED) is 0.186. The van der Waals surface area contributed by atoms with Crippen molar-refractivity contribution < 1.29 is 0 Å². The van der Waals surface area contributed by atoms with Crippen LogP contribution < -0.4 is 0 Å². The van der Waals surface area contributed by atoms with Crippen molar-refractivity contribution in [3.05, 3.63) is 10.4 Å². The Kier molecular flexibility index (Phi) is 18.1. The molecule has 0 fully saturated rings. The third-order valence-corrected chi connectivity index (χ3v) is 6.30. The molecule has 0 radical (unpaired) electrons. The van der Waals surface area contributed by atoms with Gasteiger partial charge in [-0.15, -0.1) is 11.8 Å². The zero-order valence-corrected chi connectivity index (χ0v) is 18.4. The van der Waals surface area contributed by atoms with E-state index in [0.29, 0.717) is 0 Å². The van der Waals surface area contributed by atoms with Crippen LogP contribution in [0.5, 0.6) is 0 Å². The van der Waals surface area contributed by atoms with E-state index in [-0.39, 0.29) is 0 Å². The van der Waals surface area contributed by atoms with Gasteiger partial charge in [-0.3, -0.25) is 0 Å². The maximum atomic E-state index is 2.35. The molecule has 0 amide bonds. The normalized spacial score (nSPS) is 12.4. The Hall–Kier alpha value is 0.155. The first-order valence-corrected chi connectivity index (χ1v) is 12.1. The van der Waals surface area contributed by atoms with Gasteiger partial charge >= 0.3 is 0 Å². The van der Waals surface area contributed by atoms with Gasteiger partial charge in [0.15, 0.2) is 6.71 Å². The van der Waals surface area contributed by atoms with E-state index < -0.39 is 0 Å². The molecule has 142 valence electrons. The van der Waals surface area contributed by atoms with Crippen LogP contribution in [0.25, 0.3) is 0 Å². The predicted octanol–water partition coefficient (Wildman–Crippen LogP) is 8.79. The number of unbranched alkanes of at least 4 members (excludes halogenated alkanes) is 5. The van der Waals surface area contributed by atoms with Crippen LogP contribution in [0.1, 0.15) is 112 Å². The number of allylic oxidation sites excluding steroid dienone is 2. The Morgan fingerprint density at radius 1 is 0.625 bits per heavy atom. The first kappa shape index (κ1) is 24.2. The summed E-state index contributed by atoms with van der Waals surface area (Å²) in [5.41, 5.74) is 1.88. The van der Waals surface area contributed by atoms with Crippen molar-refractivity contribution in [1.82, 2.24) is 0 Å². The molecule has 0 nitrogen and oxygen atoms in total. The van der Waals surface area contributed by atoms with Crippen LogP contribution in [0, 0.1) is 0 Å². The number of hydrogen-bond acceptors (Lipinski definition) is 1. The predicted molar refractivity (Wildman–Crippen MR) is 119 cm³/mol. The molecule has 0 unspecified atom stereocenters. The van der Waals surface area contributed by atoms with Gasteiger partial charge in [-0.05, 0) is 36.3 Å². The number of thioether (sulfide) groups is 1. The lowest BCUT2D eigenvalue weighted by Crippen LogP contribution is -2.18. The maximum absolute atomic E-state index is 2.35. The molecule has 0 saturated heterocycles. The minimum absolute atomic E-state index is 0.873. The van der Waals surface area contributed by atoms with Gasteiger partial charge in [0.05, 0.1) is 0 Å². The summed E-state index contributed by atoms with van der Waals surface area (Å²) < 4.78 is 0. The van der Waals surface area contributed by atoms with Gasteiger partial charge in [-0.1, -0.05) is 104 Å². The lowest BCUT2D eigenvalue weighted by molar-refractivity contribution is 0.771. The third kappa shape index (κ3) is 11.7. The molecule has 0 N–H and O–H groups in total. The largest absolute Gasteiger partial charge is 0.171 e. The van der Waals surface area contributed by atoms with Crippen LogP contribution in [0.4, 0.5) is 0 Å². The average Bonchev–Trinajstić information content (AvgIpc) is 2.60. The number of rotatable bonds is 17. The van der Waals surface area contributed by atoms with E-state index in [2.05, 4.69) is 46.4 Å². The van der Waals surface area contributed by atoms with Gasteiger partial charge < -0.3 is 0 Å². The molecule has 0 atom stereocenters. The third-order valence-electron chi connectivity index (χ3n) is 4.99. The Balaban J connectivity index is 5.30. The van der Waals surface area contributed by atoms with Gasteiger partial charge in [0.25, 0.3) is 0 Å². The molecule has 0 aliphatic rings. The second-order valence-corrected chi connectivity index (χ2v) is 8.53. The molecule has 0 aliphatic heterocycles. The fraction of sp³-hybridized carbons (Fsp3) is 0.909. The monoisotopic (exact) mass is 352 g/mol. The molecule has 0 saturated carbocycles. The Bertz CT molecular complexity index is 290. The van der Waals surface area contributed by atoms with E-state index in [1.165, 1.54) is 95.4 Å². The summed E-state index contributed by atoms with van der Waals surface area (Å²) in [6, 6.07) is 0. The summed E-state index contributed by atoms with van der Waals surface area (Å²) in [6.07, 6.45) is 19.2. The highest BCUT2D eigenvalue weighted by Crippen LogP contribution is 2.33. The Morgan fingerprint density at radius 2 is 1.12 bits per heavy atom. The van der Waals surface area contributed by atoms with E-state index in [4.69, 9.17) is 0 Å². The zero-order chi connectivity index (χ0) is 18.0. The summed E-state index contributed by atoms with van der Waals surface area (Å²) in [5.74, 6) is 1.33. The second kappa shape index (κ2) is 18.0. The van der Waals surface area contributed by atoms with Crippen molar-refractivity contribution >= 4 is 18.5 Å². The van der Waals surface area contributed by atoms with Crippen LogP contribution >= 0.6 is 11.8 Å². The molecule has 0 aromatic carbocycles. The molecule has 0 rings (SSSR count). The molecule has 0 bridgehead atoms. The van der Waals surface area contributed by atoms with Crippen LogP contribution in [-0.2, 0) is 0 Å². The molecule has 24 heavy (non-hydrogen) atoms. The summed E-state index contributed by atoms with van der Waals surface area (Å²) in [6.45, 7) is 12.6. The lowest BCUT2D eigenvalue weighted by atomic mass is 9.38. The Morgan fingerprint density at radius 3 is 1.62 bits per heavy atom. The molecule has 0 heterocycles. The van der Waals surface area contributed by atoms with E-state index in [1.54, 1.807) is 4.91 Å². The average molecular weight is 352 g/mol. The van der Waals surface area contributed by atoms with Gasteiger partial charge in [0, 0.05) is 0 Å². The maximum Gasteiger partial charge on any atom is 0.171 e. The van der Waals surface area contributed by atoms with Gasteiger partial charge in [0.2, 0.25) is 0 Å². The van der Waals surface area contributed by atoms with Crippen molar-refractivity contribution in [2.24, 2.45) is 0 Å². The van der Waals surface area contributed by atoms with E-state index >= 15 is 0 Å². The van der Waals surface area contributed by atoms with Crippen molar-refractivity contribution in [2.45, 2.75) is 124 Å². The molecule has 2 heteroatoms. The second-order valence-electron chi connectivity index (χ2n) is 7.34. The standard InChI is InChI=1S/C22H45BS/c1-6-11-16-21(23(18-13-8-3)19-14-9-4)22(17-12-7-2)24-20-15-10-5/h6-20H2,1-5H3/b22-21-.